The number of carboxylic acid groups (broad SMARTS) is 1. The standard InChI is InChI=1S/C67H112O12/c1-4-7-10-13-16-19-22-25-28-30-33-35-38-41-44-47-50-53-59(68)75-56-58(77-60(69)54-51-48-45-42-39-36-32-27-24-21-18-15-12-9-6-3)57-76-67-65(63(72)62(71)64(79-67)66(73)74)78-61(70)55-52-49-46-43-40-37-34-31-29-26-23-20-17-14-11-8-5-2/h7-8,10-11,16-17,19-20,25-26,28-29,34,37,58,62-65,67,71-72H,4-6,9,12-15,18,21-24,27,30-33,35-36,38-57H2,1-3H3,(H,73,74)/b10-7-,11-8-,19-16-,20-17-,28-25-,29-26-,37-34-. The van der Waals surface area contributed by atoms with E-state index in [1.54, 1.807) is 0 Å². The van der Waals surface area contributed by atoms with Crippen LogP contribution in [0.3, 0.4) is 0 Å². The van der Waals surface area contributed by atoms with Crippen LogP contribution in [-0.2, 0) is 42.9 Å². The van der Waals surface area contributed by atoms with Crippen molar-refractivity contribution >= 4 is 23.9 Å². The molecule has 1 rings (SSSR count). The summed E-state index contributed by atoms with van der Waals surface area (Å²) in [5, 5.41) is 31.6. The van der Waals surface area contributed by atoms with Gasteiger partial charge in [-0.2, -0.15) is 0 Å². The average molecular weight is 1110 g/mol. The van der Waals surface area contributed by atoms with Crippen LogP contribution in [0, 0.1) is 0 Å². The Morgan fingerprint density at radius 3 is 1.22 bits per heavy atom. The molecule has 6 unspecified atom stereocenters. The number of aliphatic hydroxyl groups excluding tert-OH is 2. The fourth-order valence-electron chi connectivity index (χ4n) is 9.20. The van der Waals surface area contributed by atoms with Gasteiger partial charge in [-0.25, -0.2) is 4.79 Å². The van der Waals surface area contributed by atoms with Crippen LogP contribution in [0.5, 0.6) is 0 Å². The number of hydrogen-bond donors (Lipinski definition) is 3. The van der Waals surface area contributed by atoms with Gasteiger partial charge in [0, 0.05) is 19.3 Å². The second-order valence-electron chi connectivity index (χ2n) is 21.3. The summed E-state index contributed by atoms with van der Waals surface area (Å²) in [5.74, 6) is -3.15. The molecule has 12 heteroatoms. The average Bonchev–Trinajstić information content (AvgIpc) is 3.43. The lowest BCUT2D eigenvalue weighted by Gasteiger charge is -2.40. The molecule has 1 fully saturated rings. The highest BCUT2D eigenvalue weighted by Gasteiger charge is 2.50. The van der Waals surface area contributed by atoms with E-state index >= 15 is 0 Å². The maximum absolute atomic E-state index is 13.2. The minimum Gasteiger partial charge on any atom is -0.479 e. The summed E-state index contributed by atoms with van der Waals surface area (Å²) >= 11 is 0. The Hall–Kier alpha value is -4.10. The predicted octanol–water partition coefficient (Wildman–Crippen LogP) is 16.7. The third kappa shape index (κ3) is 44.3. The zero-order valence-electron chi connectivity index (χ0n) is 49.8. The van der Waals surface area contributed by atoms with Crippen LogP contribution in [0.15, 0.2) is 85.1 Å². The van der Waals surface area contributed by atoms with Crippen molar-refractivity contribution in [2.75, 3.05) is 13.2 Å². The quantitative estimate of drug-likeness (QED) is 0.0228. The number of carboxylic acids is 1. The third-order valence-corrected chi connectivity index (χ3v) is 14.0. The van der Waals surface area contributed by atoms with E-state index in [4.69, 9.17) is 23.7 Å². The van der Waals surface area contributed by atoms with E-state index in [2.05, 4.69) is 106 Å². The second kappa shape index (κ2) is 54.5. The van der Waals surface area contributed by atoms with Gasteiger partial charge < -0.3 is 39.0 Å². The van der Waals surface area contributed by atoms with Crippen molar-refractivity contribution in [3.05, 3.63) is 85.1 Å². The molecule has 1 aliphatic heterocycles. The van der Waals surface area contributed by atoms with Crippen LogP contribution in [0.25, 0.3) is 0 Å². The Kier molecular flexibility index (Phi) is 50.3. The largest absolute Gasteiger partial charge is 0.479 e. The first-order valence-corrected chi connectivity index (χ1v) is 31.6. The fourth-order valence-corrected chi connectivity index (χ4v) is 9.20. The zero-order chi connectivity index (χ0) is 57.5. The molecule has 452 valence electrons. The van der Waals surface area contributed by atoms with Crippen LogP contribution in [0.4, 0.5) is 0 Å². The lowest BCUT2D eigenvalue weighted by Crippen LogP contribution is -2.61. The van der Waals surface area contributed by atoms with Gasteiger partial charge in [0.15, 0.2) is 24.6 Å². The first kappa shape index (κ1) is 72.9. The van der Waals surface area contributed by atoms with Crippen molar-refractivity contribution in [2.45, 2.75) is 302 Å². The molecule has 3 N–H and O–H groups in total. The van der Waals surface area contributed by atoms with Crippen molar-refractivity contribution in [1.82, 2.24) is 0 Å². The summed E-state index contributed by atoms with van der Waals surface area (Å²) in [5.41, 5.74) is 0. The minimum atomic E-state index is -1.92. The lowest BCUT2D eigenvalue weighted by molar-refractivity contribution is -0.301. The van der Waals surface area contributed by atoms with E-state index in [0.29, 0.717) is 19.3 Å². The monoisotopic (exact) mass is 1110 g/mol. The van der Waals surface area contributed by atoms with Crippen LogP contribution in [-0.4, -0.2) is 89.2 Å². The molecular formula is C67H112O12. The summed E-state index contributed by atoms with van der Waals surface area (Å²) in [6.07, 6.45) is 58.2. The second-order valence-corrected chi connectivity index (χ2v) is 21.3. The summed E-state index contributed by atoms with van der Waals surface area (Å²) < 4.78 is 28.5. The van der Waals surface area contributed by atoms with E-state index in [9.17, 15) is 34.5 Å². The highest BCUT2D eigenvalue weighted by molar-refractivity contribution is 5.74. The fraction of sp³-hybridized carbons (Fsp3) is 0.731. The number of ether oxygens (including phenoxy) is 5. The van der Waals surface area contributed by atoms with Gasteiger partial charge >= 0.3 is 23.9 Å². The van der Waals surface area contributed by atoms with E-state index < -0.39 is 67.3 Å². The van der Waals surface area contributed by atoms with Crippen molar-refractivity contribution in [2.24, 2.45) is 0 Å². The molecule has 6 atom stereocenters. The SMILES string of the molecule is CC/C=C\C/C=C\C/C=C\C/C=C\CCCCCCC(=O)OC1C(OCC(COC(=O)CCCCCCCCC/C=C\C/C=C\C/C=C\CC)OC(=O)CCCCCCCCCCCCCCCCC)OC(C(=O)O)C(O)C1O. The maximum atomic E-state index is 13.2. The Morgan fingerprint density at radius 1 is 0.430 bits per heavy atom. The van der Waals surface area contributed by atoms with E-state index in [1.807, 2.05) is 0 Å². The number of carbonyl (C=O) groups is 4. The molecule has 0 bridgehead atoms. The molecular weight excluding hydrogens is 997 g/mol. The van der Waals surface area contributed by atoms with Crippen molar-refractivity contribution in [3.8, 4) is 0 Å². The first-order chi connectivity index (χ1) is 38.6. The molecule has 1 heterocycles. The van der Waals surface area contributed by atoms with Crippen LogP contribution < -0.4 is 0 Å². The number of carbonyl (C=O) groups excluding carboxylic acids is 3. The molecule has 0 aromatic rings. The van der Waals surface area contributed by atoms with Gasteiger partial charge in [-0.15, -0.1) is 0 Å². The number of rotatable bonds is 53. The van der Waals surface area contributed by atoms with E-state index in [1.165, 1.54) is 77.0 Å². The van der Waals surface area contributed by atoms with Gasteiger partial charge in [-0.3, -0.25) is 14.4 Å². The van der Waals surface area contributed by atoms with Crippen LogP contribution in [0.1, 0.15) is 265 Å². The van der Waals surface area contributed by atoms with Crippen molar-refractivity contribution in [3.63, 3.8) is 0 Å². The zero-order valence-corrected chi connectivity index (χ0v) is 49.8. The van der Waals surface area contributed by atoms with Gasteiger partial charge in [0.05, 0.1) is 6.61 Å². The minimum absolute atomic E-state index is 0.0299. The molecule has 0 aromatic carbocycles. The number of esters is 3. The predicted molar refractivity (Wildman–Crippen MR) is 321 cm³/mol. The number of allylic oxidation sites excluding steroid dienone is 14. The summed E-state index contributed by atoms with van der Waals surface area (Å²) in [6, 6.07) is 0. The highest BCUT2D eigenvalue weighted by atomic mass is 16.7. The number of hydrogen-bond acceptors (Lipinski definition) is 11. The molecule has 0 amide bonds. The Bertz CT molecular complexity index is 1700. The molecule has 1 saturated heterocycles. The van der Waals surface area contributed by atoms with Crippen LogP contribution >= 0.6 is 0 Å². The first-order valence-electron chi connectivity index (χ1n) is 31.6. The van der Waals surface area contributed by atoms with Crippen LogP contribution in [0.2, 0.25) is 0 Å². The normalized spacial score (nSPS) is 18.4. The van der Waals surface area contributed by atoms with E-state index in [0.717, 1.165) is 128 Å². The van der Waals surface area contributed by atoms with Gasteiger partial charge in [-0.1, -0.05) is 241 Å². The van der Waals surface area contributed by atoms with Crippen molar-refractivity contribution < 1.29 is 58.2 Å². The summed E-state index contributed by atoms with van der Waals surface area (Å²) in [4.78, 5) is 51.3. The smallest absolute Gasteiger partial charge is 0.335 e. The summed E-state index contributed by atoms with van der Waals surface area (Å²) in [7, 11) is 0. The topological polar surface area (TPSA) is 175 Å². The molecule has 0 aliphatic carbocycles. The molecule has 0 saturated carbocycles. The lowest BCUT2D eigenvalue weighted by atomic mass is 9.98. The van der Waals surface area contributed by atoms with Gasteiger partial charge in [0.2, 0.25) is 0 Å². The molecule has 1 aliphatic rings. The van der Waals surface area contributed by atoms with E-state index in [-0.39, 0.29) is 25.9 Å². The molecule has 0 aromatic heterocycles. The van der Waals surface area contributed by atoms with Crippen molar-refractivity contribution in [1.29, 1.82) is 0 Å². The number of aliphatic carboxylic acids is 1. The maximum Gasteiger partial charge on any atom is 0.335 e. The number of aliphatic hydroxyl groups is 2. The Labute approximate surface area is 480 Å². The molecule has 0 radical (unpaired) electrons. The third-order valence-electron chi connectivity index (χ3n) is 14.0. The highest BCUT2D eigenvalue weighted by Crippen LogP contribution is 2.26. The molecule has 12 nitrogen and oxygen atoms in total. The van der Waals surface area contributed by atoms with Gasteiger partial charge in [0.1, 0.15) is 18.8 Å². The molecule has 0 spiro atoms. The van der Waals surface area contributed by atoms with Gasteiger partial charge in [-0.05, 0) is 89.9 Å². The number of unbranched alkanes of at least 4 members (excludes halogenated alkanes) is 25. The Balaban J connectivity index is 2.69. The molecule has 79 heavy (non-hydrogen) atoms. The van der Waals surface area contributed by atoms with Gasteiger partial charge in [0.25, 0.3) is 0 Å². The summed E-state index contributed by atoms with van der Waals surface area (Å²) in [6.45, 7) is 5.77. The Morgan fingerprint density at radius 2 is 0.797 bits per heavy atom.